The zero-order valence-electron chi connectivity index (χ0n) is 23.0. The summed E-state index contributed by atoms with van der Waals surface area (Å²) in [6, 6.07) is 14.6. The molecule has 1 saturated heterocycles. The van der Waals surface area contributed by atoms with E-state index < -0.39 is 12.1 Å². The molecule has 1 aliphatic heterocycles. The van der Waals surface area contributed by atoms with Gasteiger partial charge in [-0.05, 0) is 86.9 Å². The first-order valence-electron chi connectivity index (χ1n) is 13.5. The van der Waals surface area contributed by atoms with Crippen LogP contribution in [0, 0.1) is 5.92 Å². The highest BCUT2D eigenvalue weighted by atomic mass is 79.9. The molecule has 0 bridgehead atoms. The van der Waals surface area contributed by atoms with E-state index in [9.17, 15) is 18.0 Å². The molecular formula is C29H35BrF3N3O5. The quantitative estimate of drug-likeness (QED) is 0.333. The van der Waals surface area contributed by atoms with Crippen LogP contribution in [0.3, 0.4) is 0 Å². The Morgan fingerprint density at radius 2 is 1.78 bits per heavy atom. The van der Waals surface area contributed by atoms with E-state index in [1.807, 2.05) is 30.3 Å². The number of rotatable bonds is 7. The van der Waals surface area contributed by atoms with E-state index in [1.54, 1.807) is 14.2 Å². The number of aliphatic carboxylic acids is 1. The van der Waals surface area contributed by atoms with Crippen molar-refractivity contribution in [2.45, 2.75) is 62.2 Å². The van der Waals surface area contributed by atoms with Crippen molar-refractivity contribution in [1.82, 2.24) is 10.2 Å². The smallest absolute Gasteiger partial charge is 0.490 e. The van der Waals surface area contributed by atoms with Gasteiger partial charge in [0.1, 0.15) is 0 Å². The van der Waals surface area contributed by atoms with Crippen LogP contribution >= 0.6 is 15.9 Å². The second kappa shape index (κ2) is 12.9. The molecule has 5 rings (SSSR count). The molecule has 3 fully saturated rings. The van der Waals surface area contributed by atoms with Gasteiger partial charge in [0, 0.05) is 34.2 Å². The Labute approximate surface area is 245 Å². The summed E-state index contributed by atoms with van der Waals surface area (Å²) >= 11 is 3.47. The van der Waals surface area contributed by atoms with Crippen LogP contribution in [-0.4, -0.2) is 67.6 Å². The minimum atomic E-state index is -5.08. The molecule has 0 unspecified atom stereocenters. The number of amides is 2. The highest BCUT2D eigenvalue weighted by Gasteiger charge is 2.52. The van der Waals surface area contributed by atoms with Crippen molar-refractivity contribution in [3.05, 3.63) is 52.5 Å². The number of carbonyl (C=O) groups excluding carboxylic acids is 1. The Balaban J connectivity index is 0.000000493. The Bertz CT molecular complexity index is 1240. The molecule has 1 heterocycles. The number of methoxy groups -OCH3 is 2. The summed E-state index contributed by atoms with van der Waals surface area (Å²) < 4.78 is 43.8. The van der Waals surface area contributed by atoms with E-state index in [1.165, 1.54) is 24.9 Å². The van der Waals surface area contributed by atoms with Crippen LogP contribution < -0.4 is 20.1 Å². The lowest BCUT2D eigenvalue weighted by Crippen LogP contribution is -2.53. The number of nitrogens with zero attached hydrogens (tertiary/aromatic N) is 1. The zero-order chi connectivity index (χ0) is 29.8. The molecule has 2 aromatic carbocycles. The molecule has 2 aliphatic carbocycles. The van der Waals surface area contributed by atoms with Crippen LogP contribution in [0.1, 0.15) is 44.1 Å². The number of halogens is 4. The largest absolute Gasteiger partial charge is 0.493 e. The van der Waals surface area contributed by atoms with Gasteiger partial charge in [0.15, 0.2) is 11.5 Å². The number of fused-ring (bicyclic) bond motifs is 1. The second-order valence-electron chi connectivity index (χ2n) is 10.8. The first-order valence-corrected chi connectivity index (χ1v) is 14.3. The summed E-state index contributed by atoms with van der Waals surface area (Å²) in [5.74, 6) is -0.351. The molecular weight excluding hydrogens is 607 g/mol. The van der Waals surface area contributed by atoms with Gasteiger partial charge in [-0.15, -0.1) is 0 Å². The SMILES string of the molecule is COc1ccc([C@@]23CC[C@@H](NC(=O)Nc4cccc(Br)c4)C[C@@H]2N(CC2CC2)CC3)cc1OC.O=C(O)C(F)(F)F. The Morgan fingerprint density at radius 1 is 1.07 bits per heavy atom. The summed E-state index contributed by atoms with van der Waals surface area (Å²) in [6.45, 7) is 2.29. The van der Waals surface area contributed by atoms with Gasteiger partial charge < -0.3 is 25.2 Å². The van der Waals surface area contributed by atoms with Crippen LogP contribution in [0.4, 0.5) is 23.7 Å². The molecule has 12 heteroatoms. The summed E-state index contributed by atoms with van der Waals surface area (Å²) in [5, 5.41) is 13.4. The number of carboxylic acid groups (broad SMARTS) is 1. The fourth-order valence-corrected chi connectivity index (χ4v) is 6.43. The molecule has 2 saturated carbocycles. The number of carbonyl (C=O) groups is 2. The van der Waals surface area contributed by atoms with Crippen molar-refractivity contribution in [2.75, 3.05) is 32.6 Å². The van der Waals surface area contributed by atoms with Crippen molar-refractivity contribution in [2.24, 2.45) is 5.92 Å². The third-order valence-electron chi connectivity index (χ3n) is 8.18. The maximum Gasteiger partial charge on any atom is 0.490 e. The number of carboxylic acids is 1. The van der Waals surface area contributed by atoms with Crippen LogP contribution in [-0.2, 0) is 10.2 Å². The lowest BCUT2D eigenvalue weighted by molar-refractivity contribution is -0.192. The number of alkyl halides is 3. The molecule has 224 valence electrons. The van der Waals surface area contributed by atoms with Crippen molar-refractivity contribution >= 4 is 33.6 Å². The number of anilines is 1. The van der Waals surface area contributed by atoms with Crippen LogP contribution in [0.25, 0.3) is 0 Å². The molecule has 3 N–H and O–H groups in total. The van der Waals surface area contributed by atoms with Crippen molar-refractivity contribution in [3.8, 4) is 11.5 Å². The number of benzene rings is 2. The van der Waals surface area contributed by atoms with Gasteiger partial charge in [0.05, 0.1) is 14.2 Å². The van der Waals surface area contributed by atoms with E-state index in [0.29, 0.717) is 6.04 Å². The van der Waals surface area contributed by atoms with E-state index in [2.05, 4.69) is 43.6 Å². The molecule has 2 aromatic rings. The van der Waals surface area contributed by atoms with Crippen LogP contribution in [0.5, 0.6) is 11.5 Å². The monoisotopic (exact) mass is 641 g/mol. The third kappa shape index (κ3) is 7.65. The molecule has 8 nitrogen and oxygen atoms in total. The van der Waals surface area contributed by atoms with E-state index in [0.717, 1.165) is 59.8 Å². The average Bonchev–Trinajstić information content (AvgIpc) is 3.68. The maximum absolute atomic E-state index is 12.8. The average molecular weight is 643 g/mol. The first-order chi connectivity index (χ1) is 19.4. The molecule has 0 radical (unpaired) electrons. The minimum Gasteiger partial charge on any atom is -0.493 e. The highest BCUT2D eigenvalue weighted by Crippen LogP contribution is 2.51. The molecule has 0 spiro atoms. The summed E-state index contributed by atoms with van der Waals surface area (Å²) in [6.07, 6.45) is 1.75. The first kappa shape index (κ1) is 31.0. The van der Waals surface area contributed by atoms with Gasteiger partial charge in [0.2, 0.25) is 0 Å². The Hall–Kier alpha value is -2.99. The summed E-state index contributed by atoms with van der Waals surface area (Å²) in [7, 11) is 3.39. The van der Waals surface area contributed by atoms with Gasteiger partial charge in [-0.2, -0.15) is 13.2 Å². The van der Waals surface area contributed by atoms with Crippen molar-refractivity contribution < 1.29 is 37.3 Å². The predicted molar refractivity (Wildman–Crippen MR) is 152 cm³/mol. The minimum absolute atomic E-state index is 0.0907. The number of hydrogen-bond acceptors (Lipinski definition) is 5. The topological polar surface area (TPSA) is 100 Å². The van der Waals surface area contributed by atoms with Gasteiger partial charge in [-0.3, -0.25) is 4.90 Å². The number of ether oxygens (including phenoxy) is 2. The van der Waals surface area contributed by atoms with Gasteiger partial charge in [-0.25, -0.2) is 9.59 Å². The normalized spacial score (nSPS) is 24.0. The van der Waals surface area contributed by atoms with Crippen molar-refractivity contribution in [3.63, 3.8) is 0 Å². The Morgan fingerprint density at radius 3 is 2.39 bits per heavy atom. The molecule has 3 atom stereocenters. The number of urea groups is 1. The zero-order valence-corrected chi connectivity index (χ0v) is 24.6. The highest BCUT2D eigenvalue weighted by molar-refractivity contribution is 9.10. The van der Waals surface area contributed by atoms with Crippen molar-refractivity contribution in [1.29, 1.82) is 0 Å². The second-order valence-corrected chi connectivity index (χ2v) is 11.7. The van der Waals surface area contributed by atoms with E-state index in [4.69, 9.17) is 19.4 Å². The van der Waals surface area contributed by atoms with Gasteiger partial charge >= 0.3 is 18.2 Å². The summed E-state index contributed by atoms with van der Waals surface area (Å²) in [4.78, 5) is 24.4. The lowest BCUT2D eigenvalue weighted by Gasteiger charge is -2.45. The number of hydrogen-bond donors (Lipinski definition) is 3. The van der Waals surface area contributed by atoms with Gasteiger partial charge in [-0.1, -0.05) is 28.1 Å². The molecule has 41 heavy (non-hydrogen) atoms. The molecule has 3 aliphatic rings. The van der Waals surface area contributed by atoms with Crippen LogP contribution in [0.15, 0.2) is 46.9 Å². The summed E-state index contributed by atoms with van der Waals surface area (Å²) in [5.41, 5.74) is 2.22. The van der Waals surface area contributed by atoms with Gasteiger partial charge in [0.25, 0.3) is 0 Å². The fraction of sp³-hybridized carbons (Fsp3) is 0.517. The number of likely N-dealkylation sites (tertiary alicyclic amines) is 1. The molecule has 2 amide bonds. The Kier molecular flexibility index (Phi) is 9.73. The third-order valence-corrected chi connectivity index (χ3v) is 8.67. The maximum atomic E-state index is 12.8. The predicted octanol–water partition coefficient (Wildman–Crippen LogP) is 6.20. The van der Waals surface area contributed by atoms with E-state index in [-0.39, 0.29) is 17.5 Å². The standard InChI is InChI=1S/C27H34BrN3O3.C2HF3O2/c1-33-23-9-8-19(14-24(23)34-2)27-11-10-22(16-25(27)31(13-12-27)17-18-6-7-18)30-26(32)29-21-5-3-4-20(28)15-21;3-2(4,5)1(6)7/h3-5,8-9,14-15,18,22,25H,6-7,10-13,16-17H2,1-2H3,(H2,29,30,32);(H,6,7)/t22-,25+,27+;/m1./s1. The van der Waals surface area contributed by atoms with Crippen LogP contribution in [0.2, 0.25) is 0 Å². The van der Waals surface area contributed by atoms with E-state index >= 15 is 0 Å². The number of nitrogens with one attached hydrogen (secondary N) is 2. The lowest BCUT2D eigenvalue weighted by atomic mass is 9.65. The fourth-order valence-electron chi connectivity index (χ4n) is 6.03. The molecule has 0 aromatic heterocycles.